The highest BCUT2D eigenvalue weighted by atomic mass is 16.5. The smallest absolute Gasteiger partial charge is 0.408 e. The van der Waals surface area contributed by atoms with Gasteiger partial charge in [0.1, 0.15) is 12.6 Å². The highest BCUT2D eigenvalue weighted by Crippen LogP contribution is 2.30. The molecule has 0 bridgehead atoms. The normalized spacial score (nSPS) is 13.0. The van der Waals surface area contributed by atoms with E-state index >= 15 is 0 Å². The lowest BCUT2D eigenvalue weighted by Gasteiger charge is -2.35. The number of amides is 3. The molecule has 9 nitrogen and oxygen atoms in total. The van der Waals surface area contributed by atoms with Crippen LogP contribution in [0.15, 0.2) is 86.0 Å². The van der Waals surface area contributed by atoms with Crippen LogP contribution in [0.25, 0.3) is 0 Å². The molecule has 256 valence electrons. The van der Waals surface area contributed by atoms with E-state index in [1.807, 2.05) is 101 Å². The van der Waals surface area contributed by atoms with Crippen molar-refractivity contribution in [2.45, 2.75) is 98.4 Å². The minimum atomic E-state index is -0.782. The maximum atomic E-state index is 12.0. The minimum Gasteiger partial charge on any atom is -0.445 e. The second-order valence-electron chi connectivity index (χ2n) is 12.5. The van der Waals surface area contributed by atoms with Crippen molar-refractivity contribution in [1.82, 2.24) is 10.6 Å². The number of hydrogen-bond acceptors (Lipinski definition) is 6. The monoisotopic (exact) mass is 638 g/mol. The topological polar surface area (TPSA) is 157 Å². The number of rotatable bonds is 19. The van der Waals surface area contributed by atoms with Gasteiger partial charge < -0.3 is 26.6 Å². The molecule has 0 fully saturated rings. The van der Waals surface area contributed by atoms with Crippen molar-refractivity contribution < 1.29 is 24.2 Å². The van der Waals surface area contributed by atoms with Gasteiger partial charge in [-0.25, -0.2) is 4.79 Å². The Hall–Kier alpha value is -3.95. The van der Waals surface area contributed by atoms with Gasteiger partial charge in [0.25, 0.3) is 0 Å². The summed E-state index contributed by atoms with van der Waals surface area (Å²) in [4.78, 5) is 35.6. The van der Waals surface area contributed by atoms with Crippen LogP contribution in [0.2, 0.25) is 0 Å². The van der Waals surface area contributed by atoms with Crippen molar-refractivity contribution in [3.05, 3.63) is 97.1 Å². The van der Waals surface area contributed by atoms with E-state index in [4.69, 9.17) is 16.2 Å². The van der Waals surface area contributed by atoms with E-state index in [1.165, 1.54) is 0 Å². The Kier molecular flexibility index (Phi) is 19.9. The summed E-state index contributed by atoms with van der Waals surface area (Å²) in [6, 6.07) is 17.3. The lowest BCUT2D eigenvalue weighted by Crippen LogP contribution is -2.53. The molecule has 0 saturated heterocycles. The Morgan fingerprint density at radius 2 is 1.28 bits per heavy atom. The molecule has 46 heavy (non-hydrogen) atoms. The van der Waals surface area contributed by atoms with Crippen LogP contribution in [-0.4, -0.2) is 41.7 Å². The lowest BCUT2D eigenvalue weighted by molar-refractivity contribution is -0.123. The molecular formula is C37H58N4O5. The van der Waals surface area contributed by atoms with Gasteiger partial charge >= 0.3 is 6.09 Å². The van der Waals surface area contributed by atoms with E-state index in [-0.39, 0.29) is 32.1 Å². The summed E-state index contributed by atoms with van der Waals surface area (Å²) >= 11 is 0. The number of primary amides is 2. The second kappa shape index (κ2) is 21.7. The number of allylic oxidation sites excluding steroid dienone is 2. The third-order valence-corrected chi connectivity index (χ3v) is 7.82. The standard InChI is InChI=1S/C18H26N2O3.C18H28N2O2.CH4/c1-4-5-9-12-18(2,3)15(16(19)21)20-17(22)23-13-14-10-7-6-8-11-14;1-4-5-9-12-18(2,3)16(17(19)22)20-15(13-21)14-10-7-6-8-11-14;/h4,6-8,10-11,15H,1,5,9,12-13H2,2-3H3,(H2,19,21)(H,20,22);4,6-8,10-11,15-16,20-21H,1,5,9,12-13H2,2-3H3,(H2,19,22);1H4/t;15-,16?;/m.0./s1. The molecule has 0 radical (unpaired) electrons. The van der Waals surface area contributed by atoms with Gasteiger partial charge in [0.05, 0.1) is 18.7 Å². The average molecular weight is 639 g/mol. The number of carbonyl (C=O) groups excluding carboxylic acids is 3. The zero-order valence-corrected chi connectivity index (χ0v) is 27.5. The third-order valence-electron chi connectivity index (χ3n) is 7.82. The van der Waals surface area contributed by atoms with Crippen LogP contribution in [0.4, 0.5) is 4.79 Å². The number of aliphatic hydroxyl groups excluding tert-OH is 1. The van der Waals surface area contributed by atoms with Crippen molar-refractivity contribution in [1.29, 1.82) is 0 Å². The first-order valence-corrected chi connectivity index (χ1v) is 15.5. The SMILES string of the molecule is C.C=CCCCC(C)(C)C(NC(=O)OCc1ccccc1)C(N)=O.C=CCCCC(C)(C)C(N[C@@H](CO)c1ccccc1)C(N)=O. The number of unbranched alkanes of at least 4 members (excludes halogenated alkanes) is 2. The van der Waals surface area contributed by atoms with Crippen molar-refractivity contribution in [3.8, 4) is 0 Å². The summed E-state index contributed by atoms with van der Waals surface area (Å²) < 4.78 is 5.16. The predicted octanol–water partition coefficient (Wildman–Crippen LogP) is 6.33. The van der Waals surface area contributed by atoms with Gasteiger partial charge in [-0.3, -0.25) is 14.9 Å². The summed E-state index contributed by atoms with van der Waals surface area (Å²) in [5.74, 6) is -0.955. The molecule has 3 amide bonds. The van der Waals surface area contributed by atoms with E-state index in [9.17, 15) is 19.5 Å². The fourth-order valence-electron chi connectivity index (χ4n) is 5.06. The first-order valence-electron chi connectivity index (χ1n) is 15.5. The number of nitrogens with one attached hydrogen (secondary N) is 2. The molecule has 0 saturated carbocycles. The zero-order chi connectivity index (χ0) is 33.9. The first-order chi connectivity index (χ1) is 21.3. The van der Waals surface area contributed by atoms with Crippen molar-refractivity contribution in [2.75, 3.05) is 6.61 Å². The van der Waals surface area contributed by atoms with Crippen LogP contribution in [-0.2, 0) is 20.9 Å². The van der Waals surface area contributed by atoms with Gasteiger partial charge in [0.2, 0.25) is 11.8 Å². The predicted molar refractivity (Wildman–Crippen MR) is 188 cm³/mol. The average Bonchev–Trinajstić information content (AvgIpc) is 3.00. The van der Waals surface area contributed by atoms with Crippen LogP contribution in [0.3, 0.4) is 0 Å². The molecule has 0 heterocycles. The Morgan fingerprint density at radius 1 is 0.826 bits per heavy atom. The Bertz CT molecular complexity index is 1180. The number of nitrogens with two attached hydrogens (primary N) is 2. The molecule has 0 aliphatic carbocycles. The number of hydrogen-bond donors (Lipinski definition) is 5. The number of carbonyl (C=O) groups is 3. The van der Waals surface area contributed by atoms with Crippen LogP contribution in [0, 0.1) is 10.8 Å². The second-order valence-corrected chi connectivity index (χ2v) is 12.5. The molecule has 0 spiro atoms. The molecule has 3 atom stereocenters. The number of alkyl carbamates (subject to hydrolysis) is 1. The van der Waals surface area contributed by atoms with Crippen molar-refractivity contribution in [3.63, 3.8) is 0 Å². The number of aliphatic hydroxyl groups is 1. The van der Waals surface area contributed by atoms with Gasteiger partial charge in [-0.2, -0.15) is 0 Å². The minimum absolute atomic E-state index is 0. The summed E-state index contributed by atoms with van der Waals surface area (Å²) in [5, 5.41) is 15.5. The summed E-state index contributed by atoms with van der Waals surface area (Å²) in [5.41, 5.74) is 12.1. The fourth-order valence-corrected chi connectivity index (χ4v) is 5.06. The zero-order valence-electron chi connectivity index (χ0n) is 27.5. The maximum absolute atomic E-state index is 12.0. The number of benzene rings is 2. The van der Waals surface area contributed by atoms with E-state index in [0.29, 0.717) is 0 Å². The Labute approximate surface area is 276 Å². The molecule has 2 rings (SSSR count). The van der Waals surface area contributed by atoms with Gasteiger partial charge in [-0.15, -0.1) is 13.2 Å². The highest BCUT2D eigenvalue weighted by Gasteiger charge is 2.36. The van der Waals surface area contributed by atoms with E-state index in [0.717, 1.165) is 49.7 Å². The van der Waals surface area contributed by atoms with Crippen molar-refractivity contribution in [2.24, 2.45) is 22.3 Å². The van der Waals surface area contributed by atoms with Gasteiger partial charge in [0.15, 0.2) is 0 Å². The van der Waals surface area contributed by atoms with Crippen LogP contribution in [0.1, 0.15) is 90.8 Å². The largest absolute Gasteiger partial charge is 0.445 e. The number of ether oxygens (including phenoxy) is 1. The van der Waals surface area contributed by atoms with Crippen LogP contribution < -0.4 is 22.1 Å². The van der Waals surface area contributed by atoms with Crippen LogP contribution in [0.5, 0.6) is 0 Å². The molecule has 0 aromatic heterocycles. The van der Waals surface area contributed by atoms with Crippen LogP contribution >= 0.6 is 0 Å². The Morgan fingerprint density at radius 3 is 1.72 bits per heavy atom. The van der Waals surface area contributed by atoms with Gasteiger partial charge in [0, 0.05) is 0 Å². The van der Waals surface area contributed by atoms with Gasteiger partial charge in [-0.05, 0) is 60.5 Å². The fraction of sp³-hybridized carbons (Fsp3) is 0.486. The Balaban J connectivity index is 0.000000862. The maximum Gasteiger partial charge on any atom is 0.408 e. The van der Waals surface area contributed by atoms with E-state index in [1.54, 1.807) is 0 Å². The third kappa shape index (κ3) is 15.4. The molecule has 9 heteroatoms. The molecule has 0 aliphatic heterocycles. The van der Waals surface area contributed by atoms with E-state index < -0.39 is 35.4 Å². The molecule has 2 aromatic rings. The lowest BCUT2D eigenvalue weighted by atomic mass is 9.78. The van der Waals surface area contributed by atoms with Crippen molar-refractivity contribution >= 4 is 17.9 Å². The molecule has 2 aromatic carbocycles. The van der Waals surface area contributed by atoms with E-state index in [2.05, 4.69) is 23.8 Å². The highest BCUT2D eigenvalue weighted by molar-refractivity contribution is 5.85. The molecular weight excluding hydrogens is 580 g/mol. The molecule has 7 N–H and O–H groups in total. The summed E-state index contributed by atoms with van der Waals surface area (Å²) in [6.45, 7) is 15.3. The quantitative estimate of drug-likeness (QED) is 0.0894. The molecule has 0 aliphatic rings. The summed E-state index contributed by atoms with van der Waals surface area (Å²) in [7, 11) is 0. The summed E-state index contributed by atoms with van der Waals surface area (Å²) in [6.07, 6.45) is 8.26. The van der Waals surface area contributed by atoms with Gasteiger partial charge in [-0.1, -0.05) is 108 Å². The first kappa shape index (κ1) is 42.0. The molecule has 2 unspecified atom stereocenters.